The maximum atomic E-state index is 11.1. The van der Waals surface area contributed by atoms with Crippen molar-refractivity contribution in [2.45, 2.75) is 38.7 Å². The molecule has 1 aromatic rings. The van der Waals surface area contributed by atoms with Crippen LogP contribution in [0.1, 0.15) is 37.8 Å². The summed E-state index contributed by atoms with van der Waals surface area (Å²) < 4.78 is 5.52. The van der Waals surface area contributed by atoms with Gasteiger partial charge in [-0.25, -0.2) is 0 Å². The maximum absolute atomic E-state index is 11.1. The Balaban J connectivity index is 2.11. The van der Waals surface area contributed by atoms with Gasteiger partial charge in [0.15, 0.2) is 0 Å². The second-order valence-corrected chi connectivity index (χ2v) is 5.76. The van der Waals surface area contributed by atoms with Gasteiger partial charge in [-0.2, -0.15) is 0 Å². The second-order valence-electron chi connectivity index (χ2n) is 5.76. The summed E-state index contributed by atoms with van der Waals surface area (Å²) in [4.78, 5) is 11.1. The Hall–Kier alpha value is -1.35. The number of carbonyl (C=O) groups is 1. The molecule has 0 heterocycles. The van der Waals surface area contributed by atoms with Gasteiger partial charge < -0.3 is 9.84 Å². The first-order chi connectivity index (χ1) is 8.39. The largest absolute Gasteiger partial charge is 0.481 e. The fraction of sp³-hybridized carbons (Fsp3) is 0.533. The summed E-state index contributed by atoms with van der Waals surface area (Å²) >= 11 is 0. The van der Waals surface area contributed by atoms with E-state index >= 15 is 0 Å². The molecule has 0 atom stereocenters. The molecule has 2 rings (SSSR count). The Morgan fingerprint density at radius 2 is 1.89 bits per heavy atom. The average Bonchev–Trinajstić information content (AvgIpc) is 3.10. The van der Waals surface area contributed by atoms with Gasteiger partial charge in [0.1, 0.15) is 0 Å². The monoisotopic (exact) mass is 248 g/mol. The number of hydrogen-bond acceptors (Lipinski definition) is 2. The van der Waals surface area contributed by atoms with Crippen molar-refractivity contribution in [3.05, 3.63) is 35.4 Å². The van der Waals surface area contributed by atoms with Crippen molar-refractivity contribution in [1.29, 1.82) is 0 Å². The van der Waals surface area contributed by atoms with E-state index in [1.54, 1.807) is 21.0 Å². The molecule has 1 aliphatic carbocycles. The molecule has 0 radical (unpaired) electrons. The molecule has 0 aliphatic heterocycles. The number of carboxylic acid groups (broad SMARTS) is 1. The van der Waals surface area contributed by atoms with Crippen LogP contribution in [0, 0.1) is 5.41 Å². The molecule has 1 fully saturated rings. The average molecular weight is 248 g/mol. The fourth-order valence-corrected chi connectivity index (χ4v) is 2.24. The van der Waals surface area contributed by atoms with E-state index in [1.165, 1.54) is 5.56 Å². The highest BCUT2D eigenvalue weighted by Crippen LogP contribution is 2.48. The van der Waals surface area contributed by atoms with Crippen LogP contribution < -0.4 is 0 Å². The normalized spacial score (nSPS) is 17.5. The van der Waals surface area contributed by atoms with Crippen LogP contribution in [0.15, 0.2) is 24.3 Å². The van der Waals surface area contributed by atoms with Crippen LogP contribution in [-0.4, -0.2) is 18.2 Å². The van der Waals surface area contributed by atoms with Crippen molar-refractivity contribution < 1.29 is 14.6 Å². The molecule has 98 valence electrons. The molecule has 1 saturated carbocycles. The number of carboxylic acids is 1. The van der Waals surface area contributed by atoms with Crippen LogP contribution in [0.25, 0.3) is 0 Å². The quantitative estimate of drug-likeness (QED) is 0.871. The molecular weight excluding hydrogens is 228 g/mol. The molecule has 1 N–H and O–H groups in total. The van der Waals surface area contributed by atoms with E-state index in [4.69, 9.17) is 9.84 Å². The minimum Gasteiger partial charge on any atom is -0.481 e. The predicted octanol–water partition coefficient (Wildman–Crippen LogP) is 2.98. The highest BCUT2D eigenvalue weighted by Gasteiger charge is 2.44. The summed E-state index contributed by atoms with van der Waals surface area (Å²) in [6, 6.07) is 8.14. The number of hydrogen-bond donors (Lipinski definition) is 1. The highest BCUT2D eigenvalue weighted by molar-refractivity contribution is 5.74. The Morgan fingerprint density at radius 1 is 1.33 bits per heavy atom. The number of methoxy groups -OCH3 is 1. The lowest BCUT2D eigenvalue weighted by Gasteiger charge is -2.20. The zero-order chi connectivity index (χ0) is 13.4. The molecule has 0 bridgehead atoms. The minimum absolute atomic E-state index is 0.0686. The summed E-state index contributed by atoms with van der Waals surface area (Å²) in [7, 11) is 1.74. The molecule has 1 aliphatic rings. The van der Waals surface area contributed by atoms with Crippen LogP contribution in [0.5, 0.6) is 0 Å². The Morgan fingerprint density at radius 3 is 2.28 bits per heavy atom. The summed E-state index contributed by atoms with van der Waals surface area (Å²) in [5.41, 5.74) is 1.46. The smallest absolute Gasteiger partial charge is 0.309 e. The topological polar surface area (TPSA) is 46.5 Å². The van der Waals surface area contributed by atoms with Gasteiger partial charge in [-0.1, -0.05) is 24.3 Å². The third-order valence-corrected chi connectivity index (χ3v) is 3.80. The van der Waals surface area contributed by atoms with Crippen molar-refractivity contribution in [2.75, 3.05) is 7.11 Å². The Bertz CT molecular complexity index is 441. The van der Waals surface area contributed by atoms with Gasteiger partial charge in [0.05, 0.1) is 11.0 Å². The molecule has 3 nitrogen and oxygen atoms in total. The molecule has 0 spiro atoms. The minimum atomic E-state index is -0.762. The van der Waals surface area contributed by atoms with E-state index in [2.05, 4.69) is 12.1 Å². The Kier molecular flexibility index (Phi) is 3.20. The van der Waals surface area contributed by atoms with E-state index in [0.717, 1.165) is 18.4 Å². The van der Waals surface area contributed by atoms with Crippen LogP contribution in [-0.2, 0) is 21.6 Å². The molecule has 0 amide bonds. The van der Waals surface area contributed by atoms with Crippen LogP contribution >= 0.6 is 0 Å². The van der Waals surface area contributed by atoms with Crippen molar-refractivity contribution in [1.82, 2.24) is 0 Å². The maximum Gasteiger partial charge on any atom is 0.309 e. The first-order valence-corrected chi connectivity index (χ1v) is 6.28. The van der Waals surface area contributed by atoms with Gasteiger partial charge in [0.2, 0.25) is 0 Å². The summed E-state index contributed by atoms with van der Waals surface area (Å²) in [5, 5.41) is 9.11. The van der Waals surface area contributed by atoms with Crippen molar-refractivity contribution in [2.24, 2.45) is 5.41 Å². The fourth-order valence-electron chi connectivity index (χ4n) is 2.24. The predicted molar refractivity (Wildman–Crippen MR) is 69.5 cm³/mol. The van der Waals surface area contributed by atoms with E-state index in [-0.39, 0.29) is 5.60 Å². The molecule has 0 unspecified atom stereocenters. The van der Waals surface area contributed by atoms with Crippen molar-refractivity contribution in [3.8, 4) is 0 Å². The van der Waals surface area contributed by atoms with Crippen LogP contribution in [0.2, 0.25) is 0 Å². The van der Waals surface area contributed by atoms with Crippen molar-refractivity contribution in [3.63, 3.8) is 0 Å². The van der Waals surface area contributed by atoms with Crippen LogP contribution in [0.3, 0.4) is 0 Å². The van der Waals surface area contributed by atoms with Gasteiger partial charge in [0.25, 0.3) is 0 Å². The number of aliphatic carboxylic acids is 1. The number of rotatable bonds is 5. The van der Waals surface area contributed by atoms with E-state index in [0.29, 0.717) is 6.42 Å². The third kappa shape index (κ3) is 2.41. The van der Waals surface area contributed by atoms with Crippen molar-refractivity contribution >= 4 is 5.97 Å². The summed E-state index contributed by atoms with van der Waals surface area (Å²) in [6.07, 6.45) is 2.69. The molecule has 0 saturated heterocycles. The third-order valence-electron chi connectivity index (χ3n) is 3.80. The second kappa shape index (κ2) is 4.39. The lowest BCUT2D eigenvalue weighted by molar-refractivity contribution is -0.146. The van der Waals surface area contributed by atoms with Gasteiger partial charge in [-0.3, -0.25) is 4.79 Å². The standard InChI is InChI=1S/C15H20O3/c1-14(2,13(16)17)10-11-4-6-12(7-5-11)15(18-3)8-9-15/h4-7H,8-10H2,1-3H3,(H,16,17). The zero-order valence-corrected chi connectivity index (χ0v) is 11.2. The van der Waals surface area contributed by atoms with E-state index < -0.39 is 11.4 Å². The van der Waals surface area contributed by atoms with Gasteiger partial charge in [0, 0.05) is 7.11 Å². The SMILES string of the molecule is COC1(c2ccc(CC(C)(C)C(=O)O)cc2)CC1. The van der Waals surface area contributed by atoms with Gasteiger partial charge >= 0.3 is 5.97 Å². The molecule has 0 aromatic heterocycles. The Labute approximate surface area is 108 Å². The molecule has 18 heavy (non-hydrogen) atoms. The van der Waals surface area contributed by atoms with E-state index in [1.807, 2.05) is 12.1 Å². The van der Waals surface area contributed by atoms with Gasteiger partial charge in [-0.05, 0) is 44.2 Å². The summed E-state index contributed by atoms with van der Waals surface area (Å²) in [5.74, 6) is -0.762. The van der Waals surface area contributed by atoms with Gasteiger partial charge in [-0.15, -0.1) is 0 Å². The lowest BCUT2D eigenvalue weighted by atomic mass is 9.85. The number of ether oxygens (including phenoxy) is 1. The molecular formula is C15H20O3. The lowest BCUT2D eigenvalue weighted by Crippen LogP contribution is -2.26. The number of benzene rings is 1. The molecule has 3 heteroatoms. The zero-order valence-electron chi connectivity index (χ0n) is 11.2. The highest BCUT2D eigenvalue weighted by atomic mass is 16.5. The first-order valence-electron chi connectivity index (χ1n) is 6.28. The summed E-state index contributed by atoms with van der Waals surface area (Å²) in [6.45, 7) is 3.50. The van der Waals surface area contributed by atoms with Crippen LogP contribution in [0.4, 0.5) is 0 Å². The first kappa shape index (κ1) is 13.1. The molecule has 1 aromatic carbocycles. The van der Waals surface area contributed by atoms with E-state index in [9.17, 15) is 4.79 Å².